The Balaban J connectivity index is 2.08. The second kappa shape index (κ2) is 7.41. The van der Waals surface area contributed by atoms with Gasteiger partial charge in [0.2, 0.25) is 0 Å². The maximum atomic E-state index is 12.1. The number of hydrogen-bond donors (Lipinski definition) is 1. The van der Waals surface area contributed by atoms with Crippen LogP contribution in [-0.4, -0.2) is 22.5 Å². The summed E-state index contributed by atoms with van der Waals surface area (Å²) in [5.74, 6) is 0.242. The van der Waals surface area contributed by atoms with Crippen molar-refractivity contribution in [2.45, 2.75) is 41.0 Å². The highest BCUT2D eigenvalue weighted by Gasteiger charge is 2.19. The van der Waals surface area contributed by atoms with Gasteiger partial charge in [0.15, 0.2) is 0 Å². The van der Waals surface area contributed by atoms with Crippen molar-refractivity contribution in [2.24, 2.45) is 5.92 Å². The van der Waals surface area contributed by atoms with E-state index in [0.717, 1.165) is 27.9 Å². The number of nitrogens with one attached hydrogen (secondary N) is 1. The average molecular weight is 391 g/mol. The zero-order valence-electron chi connectivity index (χ0n) is 15.7. The Bertz CT molecular complexity index is 972. The fraction of sp³-hybridized carbons (Fsp3) is 0.400. The van der Waals surface area contributed by atoms with Crippen molar-refractivity contribution in [3.8, 4) is 10.6 Å². The van der Waals surface area contributed by atoms with Crippen LogP contribution in [0.1, 0.15) is 47.4 Å². The number of thiazole rings is 1. The number of benzene rings is 1. The van der Waals surface area contributed by atoms with E-state index in [1.807, 2.05) is 13.0 Å². The molecule has 0 atom stereocenters. The van der Waals surface area contributed by atoms with Gasteiger partial charge in [0.05, 0.1) is 22.8 Å². The van der Waals surface area contributed by atoms with Crippen LogP contribution in [-0.2, 0) is 11.2 Å². The zero-order chi connectivity index (χ0) is 19.0. The molecule has 2 heterocycles. The molecule has 0 spiro atoms. The molecule has 6 heteroatoms. The number of rotatable bonds is 5. The molecule has 0 saturated carbocycles. The van der Waals surface area contributed by atoms with E-state index in [2.05, 4.69) is 36.8 Å². The van der Waals surface area contributed by atoms with Gasteiger partial charge in [-0.1, -0.05) is 25.4 Å². The second-order valence-electron chi connectivity index (χ2n) is 6.86. The number of halogens is 1. The van der Waals surface area contributed by atoms with E-state index in [-0.39, 0.29) is 5.97 Å². The Labute approximate surface area is 162 Å². The summed E-state index contributed by atoms with van der Waals surface area (Å²) in [5.41, 5.74) is 5.01. The van der Waals surface area contributed by atoms with Crippen LogP contribution in [0.4, 0.5) is 0 Å². The van der Waals surface area contributed by atoms with Gasteiger partial charge in [-0.3, -0.25) is 0 Å². The summed E-state index contributed by atoms with van der Waals surface area (Å²) in [7, 11) is 0. The molecule has 3 rings (SSSR count). The van der Waals surface area contributed by atoms with E-state index in [4.69, 9.17) is 16.3 Å². The van der Waals surface area contributed by atoms with Crippen LogP contribution < -0.4 is 0 Å². The first-order chi connectivity index (χ1) is 12.3. The molecule has 0 aliphatic carbocycles. The van der Waals surface area contributed by atoms with Crippen molar-refractivity contribution in [1.29, 1.82) is 0 Å². The van der Waals surface area contributed by atoms with Gasteiger partial charge in [0, 0.05) is 16.6 Å². The Kier molecular flexibility index (Phi) is 5.39. The van der Waals surface area contributed by atoms with E-state index in [1.54, 1.807) is 6.92 Å². The summed E-state index contributed by atoms with van der Waals surface area (Å²) in [6, 6.07) is 4.01. The van der Waals surface area contributed by atoms with Crippen LogP contribution in [0.15, 0.2) is 12.1 Å². The van der Waals surface area contributed by atoms with Crippen LogP contribution in [0.2, 0.25) is 5.02 Å². The van der Waals surface area contributed by atoms with Crippen molar-refractivity contribution in [3.05, 3.63) is 39.0 Å². The molecule has 138 valence electrons. The number of aryl methyl sites for hydroxylation is 2. The van der Waals surface area contributed by atoms with Gasteiger partial charge in [0.1, 0.15) is 9.88 Å². The third-order valence-electron chi connectivity index (χ3n) is 4.34. The highest BCUT2D eigenvalue weighted by molar-refractivity contribution is 7.17. The number of fused-ring (bicyclic) bond motifs is 1. The van der Waals surface area contributed by atoms with E-state index >= 15 is 0 Å². The van der Waals surface area contributed by atoms with Crippen LogP contribution >= 0.6 is 22.9 Å². The van der Waals surface area contributed by atoms with Crippen molar-refractivity contribution in [2.75, 3.05) is 6.61 Å². The fourth-order valence-electron chi connectivity index (χ4n) is 3.08. The van der Waals surface area contributed by atoms with Gasteiger partial charge in [-0.2, -0.15) is 0 Å². The van der Waals surface area contributed by atoms with Gasteiger partial charge < -0.3 is 9.72 Å². The zero-order valence-corrected chi connectivity index (χ0v) is 17.3. The Morgan fingerprint density at radius 1 is 1.35 bits per heavy atom. The largest absolute Gasteiger partial charge is 0.462 e. The molecular formula is C20H23ClN2O2S. The summed E-state index contributed by atoms with van der Waals surface area (Å²) < 4.78 is 5.11. The normalized spacial score (nSPS) is 11.5. The third kappa shape index (κ3) is 3.51. The number of carbonyl (C=O) groups excluding carboxylic acids is 1. The number of carbonyl (C=O) groups is 1. The van der Waals surface area contributed by atoms with Crippen molar-refractivity contribution < 1.29 is 9.53 Å². The molecule has 1 aromatic carbocycles. The van der Waals surface area contributed by atoms with E-state index in [9.17, 15) is 4.79 Å². The smallest absolute Gasteiger partial charge is 0.350 e. The summed E-state index contributed by atoms with van der Waals surface area (Å²) in [5, 5.41) is 2.55. The Hall–Kier alpha value is -1.85. The summed E-state index contributed by atoms with van der Waals surface area (Å²) in [6.07, 6.45) is 0.982. The Morgan fingerprint density at radius 2 is 2.08 bits per heavy atom. The minimum Gasteiger partial charge on any atom is -0.462 e. The molecule has 0 amide bonds. The molecule has 0 aliphatic rings. The number of nitrogens with zero attached hydrogens (tertiary/aromatic N) is 1. The number of ether oxygens (including phenoxy) is 1. The molecule has 3 aromatic rings. The quantitative estimate of drug-likeness (QED) is 0.548. The minimum atomic E-state index is -0.321. The van der Waals surface area contributed by atoms with Gasteiger partial charge in [0.25, 0.3) is 0 Å². The standard InChI is InChI=1S/C20H23ClN2O2S/c1-6-25-20(24)18-12(5)22-19(26-18)13-8-14-11(4)16(7-10(2)3)23-17(14)15(21)9-13/h8-10,23H,6-7H2,1-5H3. The Morgan fingerprint density at radius 3 is 2.73 bits per heavy atom. The lowest BCUT2D eigenvalue weighted by molar-refractivity contribution is 0.0531. The lowest BCUT2D eigenvalue weighted by Crippen LogP contribution is -2.03. The van der Waals surface area contributed by atoms with Gasteiger partial charge in [-0.05, 0) is 50.8 Å². The number of aromatic amines is 1. The lowest BCUT2D eigenvalue weighted by atomic mass is 10.0. The summed E-state index contributed by atoms with van der Waals surface area (Å²) in [4.78, 5) is 20.6. The number of H-pyrrole nitrogens is 1. The molecule has 2 aromatic heterocycles. The van der Waals surface area contributed by atoms with E-state index in [1.165, 1.54) is 22.6 Å². The fourth-order valence-corrected chi connectivity index (χ4v) is 4.29. The number of esters is 1. The third-order valence-corrected chi connectivity index (χ3v) is 5.82. The maximum absolute atomic E-state index is 12.1. The molecule has 0 radical (unpaired) electrons. The first kappa shape index (κ1) is 18.9. The first-order valence-electron chi connectivity index (χ1n) is 8.77. The van der Waals surface area contributed by atoms with Crippen LogP contribution in [0.5, 0.6) is 0 Å². The van der Waals surface area contributed by atoms with Crippen molar-refractivity contribution >= 4 is 39.8 Å². The second-order valence-corrected chi connectivity index (χ2v) is 8.27. The van der Waals surface area contributed by atoms with Crippen molar-refractivity contribution in [1.82, 2.24) is 9.97 Å². The lowest BCUT2D eigenvalue weighted by Gasteiger charge is -2.03. The molecule has 1 N–H and O–H groups in total. The monoisotopic (exact) mass is 390 g/mol. The topological polar surface area (TPSA) is 55.0 Å². The van der Waals surface area contributed by atoms with E-state index in [0.29, 0.717) is 28.1 Å². The molecular weight excluding hydrogens is 368 g/mol. The van der Waals surface area contributed by atoms with Crippen LogP contribution in [0.25, 0.3) is 21.5 Å². The van der Waals surface area contributed by atoms with Crippen LogP contribution in [0, 0.1) is 19.8 Å². The predicted molar refractivity (Wildman–Crippen MR) is 108 cm³/mol. The molecule has 0 unspecified atom stereocenters. The van der Waals surface area contributed by atoms with Gasteiger partial charge in [-0.25, -0.2) is 9.78 Å². The van der Waals surface area contributed by atoms with E-state index < -0.39 is 0 Å². The molecule has 0 saturated heterocycles. The first-order valence-corrected chi connectivity index (χ1v) is 9.96. The molecule has 0 fully saturated rings. The molecule has 0 bridgehead atoms. The summed E-state index contributed by atoms with van der Waals surface area (Å²) >= 11 is 7.89. The molecule has 0 aliphatic heterocycles. The van der Waals surface area contributed by atoms with Crippen molar-refractivity contribution in [3.63, 3.8) is 0 Å². The summed E-state index contributed by atoms with van der Waals surface area (Å²) in [6.45, 7) is 10.5. The SMILES string of the molecule is CCOC(=O)c1sc(-c2cc(Cl)c3[nH]c(CC(C)C)c(C)c3c2)nc1C. The van der Waals surface area contributed by atoms with Gasteiger partial charge >= 0.3 is 5.97 Å². The number of aromatic nitrogens is 2. The number of hydrogen-bond acceptors (Lipinski definition) is 4. The maximum Gasteiger partial charge on any atom is 0.350 e. The minimum absolute atomic E-state index is 0.321. The highest BCUT2D eigenvalue weighted by atomic mass is 35.5. The molecule has 26 heavy (non-hydrogen) atoms. The highest BCUT2D eigenvalue weighted by Crippen LogP contribution is 2.36. The average Bonchev–Trinajstić information content (AvgIpc) is 3.10. The molecule has 4 nitrogen and oxygen atoms in total. The van der Waals surface area contributed by atoms with Gasteiger partial charge in [-0.15, -0.1) is 11.3 Å². The predicted octanol–water partition coefficient (Wildman–Crippen LogP) is 5.94. The van der Waals surface area contributed by atoms with Crippen LogP contribution in [0.3, 0.4) is 0 Å².